The number of hydrogen-bond donors (Lipinski definition) is 2. The highest BCUT2D eigenvalue weighted by Gasteiger charge is 2.26. The minimum absolute atomic E-state index is 0.0243. The summed E-state index contributed by atoms with van der Waals surface area (Å²) in [7, 11) is -1.68. The number of aromatic nitrogens is 1. The van der Waals surface area contributed by atoms with E-state index in [0.717, 1.165) is 24.8 Å². The van der Waals surface area contributed by atoms with E-state index in [9.17, 15) is 8.42 Å². The van der Waals surface area contributed by atoms with Crippen molar-refractivity contribution < 1.29 is 8.42 Å². The molecule has 118 valence electrons. The Morgan fingerprint density at radius 3 is 2.67 bits per heavy atom. The van der Waals surface area contributed by atoms with E-state index in [0.29, 0.717) is 12.5 Å². The van der Waals surface area contributed by atoms with Crippen molar-refractivity contribution in [2.75, 3.05) is 7.05 Å². The third-order valence-corrected chi connectivity index (χ3v) is 5.53. The van der Waals surface area contributed by atoms with Crippen molar-refractivity contribution in [2.45, 2.75) is 56.6 Å². The molecule has 2 N–H and O–H groups in total. The van der Waals surface area contributed by atoms with Crippen molar-refractivity contribution >= 4 is 10.0 Å². The van der Waals surface area contributed by atoms with Crippen LogP contribution in [0.5, 0.6) is 0 Å². The lowest BCUT2D eigenvalue weighted by Gasteiger charge is -2.22. The van der Waals surface area contributed by atoms with Crippen molar-refractivity contribution in [3.63, 3.8) is 0 Å². The Bertz CT molecular complexity index is 543. The molecule has 1 aliphatic rings. The van der Waals surface area contributed by atoms with Gasteiger partial charge in [0.05, 0.1) is 0 Å². The molecule has 0 bridgehead atoms. The van der Waals surface area contributed by atoms with Gasteiger partial charge in [0.1, 0.15) is 0 Å². The van der Waals surface area contributed by atoms with Crippen LogP contribution in [0.25, 0.3) is 0 Å². The van der Waals surface area contributed by atoms with Gasteiger partial charge in [-0.2, -0.15) is 0 Å². The molecule has 1 heterocycles. The lowest BCUT2D eigenvalue weighted by atomic mass is 9.98. The fraction of sp³-hybridized carbons (Fsp3) is 0.667. The van der Waals surface area contributed by atoms with Crippen LogP contribution in [0, 0.1) is 5.92 Å². The van der Waals surface area contributed by atoms with Gasteiger partial charge < -0.3 is 5.32 Å². The van der Waals surface area contributed by atoms with E-state index in [4.69, 9.17) is 0 Å². The first-order chi connectivity index (χ1) is 10.0. The summed E-state index contributed by atoms with van der Waals surface area (Å²) in [5, 5.41) is 3.13. The summed E-state index contributed by atoms with van der Waals surface area (Å²) in [6.45, 7) is 2.81. The summed E-state index contributed by atoms with van der Waals surface area (Å²) in [6.07, 6.45) is 7.09. The van der Waals surface area contributed by atoms with Crippen LogP contribution in [0.15, 0.2) is 23.4 Å². The third-order valence-electron chi connectivity index (χ3n) is 4.12. The maximum Gasteiger partial charge on any atom is 0.258 e. The zero-order valence-electron chi connectivity index (χ0n) is 12.8. The SMILES string of the molecule is CNCc1ccc(S(=O)(=O)NC2CCCCCC2C)nc1. The van der Waals surface area contributed by atoms with Gasteiger partial charge in [-0.1, -0.05) is 32.3 Å². The Morgan fingerprint density at radius 2 is 2.00 bits per heavy atom. The second kappa shape index (κ2) is 7.33. The summed E-state index contributed by atoms with van der Waals surface area (Å²) < 4.78 is 27.7. The summed E-state index contributed by atoms with van der Waals surface area (Å²) in [5.41, 5.74) is 0.972. The predicted octanol–water partition coefficient (Wildman–Crippen LogP) is 2.05. The van der Waals surface area contributed by atoms with Crippen LogP contribution in [0.3, 0.4) is 0 Å². The van der Waals surface area contributed by atoms with Gasteiger partial charge in [-0.25, -0.2) is 18.1 Å². The second-order valence-corrected chi connectivity index (χ2v) is 7.54. The molecule has 1 fully saturated rings. The lowest BCUT2D eigenvalue weighted by Crippen LogP contribution is -2.39. The smallest absolute Gasteiger partial charge is 0.258 e. The molecule has 1 aliphatic carbocycles. The molecule has 2 atom stereocenters. The molecule has 1 saturated carbocycles. The topological polar surface area (TPSA) is 71.1 Å². The molecular formula is C15H25N3O2S. The molecule has 5 nitrogen and oxygen atoms in total. The standard InChI is InChI=1S/C15H25N3O2S/c1-12-6-4-3-5-7-14(12)18-21(19,20)15-9-8-13(10-16-2)11-17-15/h8-9,11-12,14,16,18H,3-7,10H2,1-2H3. The molecule has 2 unspecified atom stereocenters. The van der Waals surface area contributed by atoms with Crippen LogP contribution < -0.4 is 10.0 Å². The van der Waals surface area contributed by atoms with Crippen LogP contribution in [-0.4, -0.2) is 26.5 Å². The first-order valence-corrected chi connectivity index (χ1v) is 9.13. The van der Waals surface area contributed by atoms with Crippen molar-refractivity contribution in [3.05, 3.63) is 23.9 Å². The average molecular weight is 311 g/mol. The normalized spacial score (nSPS) is 23.7. The molecule has 0 aliphatic heterocycles. The molecule has 1 aromatic heterocycles. The minimum Gasteiger partial charge on any atom is -0.316 e. The van der Waals surface area contributed by atoms with Gasteiger partial charge in [0.15, 0.2) is 5.03 Å². The van der Waals surface area contributed by atoms with Crippen LogP contribution in [0.1, 0.15) is 44.6 Å². The largest absolute Gasteiger partial charge is 0.316 e. The van der Waals surface area contributed by atoms with Crippen molar-refractivity contribution in [2.24, 2.45) is 5.92 Å². The maximum absolute atomic E-state index is 12.4. The number of hydrogen-bond acceptors (Lipinski definition) is 4. The van der Waals surface area contributed by atoms with Gasteiger partial charge in [-0.15, -0.1) is 0 Å². The van der Waals surface area contributed by atoms with Crippen LogP contribution in [-0.2, 0) is 16.6 Å². The van der Waals surface area contributed by atoms with E-state index in [1.165, 1.54) is 12.8 Å². The maximum atomic E-state index is 12.4. The number of sulfonamides is 1. The molecule has 2 rings (SSSR count). The Labute approximate surface area is 127 Å². The highest BCUT2D eigenvalue weighted by molar-refractivity contribution is 7.89. The van der Waals surface area contributed by atoms with E-state index in [2.05, 4.69) is 21.9 Å². The first-order valence-electron chi connectivity index (χ1n) is 7.65. The van der Waals surface area contributed by atoms with E-state index < -0.39 is 10.0 Å². The third kappa shape index (κ3) is 4.49. The highest BCUT2D eigenvalue weighted by Crippen LogP contribution is 2.24. The van der Waals surface area contributed by atoms with Gasteiger partial charge in [0.2, 0.25) is 0 Å². The zero-order chi connectivity index (χ0) is 15.3. The Balaban J connectivity index is 2.09. The van der Waals surface area contributed by atoms with E-state index in [1.807, 2.05) is 7.05 Å². The number of pyridine rings is 1. The second-order valence-electron chi connectivity index (χ2n) is 5.88. The fourth-order valence-corrected chi connectivity index (χ4v) is 4.11. The van der Waals surface area contributed by atoms with Crippen molar-refractivity contribution in [3.8, 4) is 0 Å². The summed E-state index contributed by atoms with van der Waals surface area (Å²) in [4.78, 5) is 4.09. The molecule has 0 saturated heterocycles. The molecule has 0 spiro atoms. The predicted molar refractivity (Wildman–Crippen MR) is 83.4 cm³/mol. The Morgan fingerprint density at radius 1 is 1.24 bits per heavy atom. The molecular weight excluding hydrogens is 286 g/mol. The van der Waals surface area contributed by atoms with Gasteiger partial charge in [-0.05, 0) is 37.4 Å². The van der Waals surface area contributed by atoms with Crippen molar-refractivity contribution in [1.82, 2.24) is 15.0 Å². The number of nitrogens with one attached hydrogen (secondary N) is 2. The number of rotatable bonds is 5. The zero-order valence-corrected chi connectivity index (χ0v) is 13.6. The molecule has 0 aromatic carbocycles. The Hall–Kier alpha value is -0.980. The van der Waals surface area contributed by atoms with Crippen LogP contribution in [0.2, 0.25) is 0 Å². The monoisotopic (exact) mass is 311 g/mol. The van der Waals surface area contributed by atoms with E-state index >= 15 is 0 Å². The summed E-state index contributed by atoms with van der Waals surface area (Å²) in [6, 6.07) is 3.40. The average Bonchev–Trinajstić information content (AvgIpc) is 2.65. The minimum atomic E-state index is -3.52. The van der Waals surface area contributed by atoms with Gasteiger partial charge in [-0.3, -0.25) is 0 Å². The first kappa shape index (κ1) is 16.4. The molecule has 0 amide bonds. The van der Waals surface area contributed by atoms with Gasteiger partial charge in [0.25, 0.3) is 10.0 Å². The quantitative estimate of drug-likeness (QED) is 0.817. The van der Waals surface area contributed by atoms with Crippen LogP contribution in [0.4, 0.5) is 0 Å². The van der Waals surface area contributed by atoms with Crippen LogP contribution >= 0.6 is 0 Å². The lowest BCUT2D eigenvalue weighted by molar-refractivity contribution is 0.399. The van der Waals surface area contributed by atoms with Gasteiger partial charge in [0, 0.05) is 18.8 Å². The molecule has 1 aromatic rings. The Kier molecular flexibility index (Phi) is 5.72. The molecule has 0 radical (unpaired) electrons. The fourth-order valence-electron chi connectivity index (χ4n) is 2.81. The van der Waals surface area contributed by atoms with E-state index in [-0.39, 0.29) is 11.1 Å². The summed E-state index contributed by atoms with van der Waals surface area (Å²) in [5.74, 6) is 0.380. The van der Waals surface area contributed by atoms with E-state index in [1.54, 1.807) is 18.3 Å². The number of nitrogens with zero attached hydrogens (tertiary/aromatic N) is 1. The van der Waals surface area contributed by atoms with Gasteiger partial charge >= 0.3 is 0 Å². The molecule has 21 heavy (non-hydrogen) atoms. The highest BCUT2D eigenvalue weighted by atomic mass is 32.2. The molecule has 6 heteroatoms. The summed E-state index contributed by atoms with van der Waals surface area (Å²) >= 11 is 0. The van der Waals surface area contributed by atoms with Crippen molar-refractivity contribution in [1.29, 1.82) is 0 Å².